The molecule has 0 unspecified atom stereocenters. The summed E-state index contributed by atoms with van der Waals surface area (Å²) in [5, 5.41) is 3.73. The molecule has 114 valence electrons. The summed E-state index contributed by atoms with van der Waals surface area (Å²) in [6, 6.07) is 6.03. The fraction of sp³-hybridized carbons (Fsp3) is 0.444. The second kappa shape index (κ2) is 5.27. The number of pyridine rings is 1. The van der Waals surface area contributed by atoms with Gasteiger partial charge in [0, 0.05) is 24.2 Å². The molecule has 22 heavy (non-hydrogen) atoms. The first-order valence-corrected chi connectivity index (χ1v) is 8.20. The fourth-order valence-electron chi connectivity index (χ4n) is 3.83. The van der Waals surface area contributed by atoms with E-state index in [1.807, 2.05) is 12.1 Å². The van der Waals surface area contributed by atoms with Crippen molar-refractivity contribution in [3.05, 3.63) is 45.7 Å². The SMILES string of the molecule is O=C(NC1CCCCC1)c1cn2c3c(cccc3c1=O)CC2. The second-order valence-corrected chi connectivity index (χ2v) is 6.44. The highest BCUT2D eigenvalue weighted by atomic mass is 16.2. The van der Waals surface area contributed by atoms with Gasteiger partial charge in [-0.2, -0.15) is 0 Å². The van der Waals surface area contributed by atoms with Crippen molar-refractivity contribution in [1.29, 1.82) is 0 Å². The molecular weight excluding hydrogens is 276 g/mol. The van der Waals surface area contributed by atoms with Crippen LogP contribution in [0.4, 0.5) is 0 Å². The molecule has 4 heteroatoms. The predicted molar refractivity (Wildman–Crippen MR) is 86.3 cm³/mol. The van der Waals surface area contributed by atoms with Gasteiger partial charge in [-0.3, -0.25) is 9.59 Å². The third-order valence-electron chi connectivity index (χ3n) is 4.99. The van der Waals surface area contributed by atoms with E-state index in [9.17, 15) is 9.59 Å². The lowest BCUT2D eigenvalue weighted by Gasteiger charge is -2.22. The van der Waals surface area contributed by atoms with E-state index < -0.39 is 0 Å². The molecule has 0 radical (unpaired) electrons. The largest absolute Gasteiger partial charge is 0.349 e. The molecule has 0 bridgehead atoms. The monoisotopic (exact) mass is 296 g/mol. The highest BCUT2D eigenvalue weighted by molar-refractivity contribution is 5.98. The molecule has 1 fully saturated rings. The Morgan fingerprint density at radius 2 is 2.00 bits per heavy atom. The Morgan fingerprint density at radius 1 is 1.18 bits per heavy atom. The van der Waals surface area contributed by atoms with Gasteiger partial charge >= 0.3 is 0 Å². The van der Waals surface area contributed by atoms with E-state index in [2.05, 4.69) is 16.0 Å². The number of aromatic nitrogens is 1. The highest BCUT2D eigenvalue weighted by Crippen LogP contribution is 2.24. The molecule has 1 aliphatic heterocycles. The van der Waals surface area contributed by atoms with Crippen molar-refractivity contribution in [2.45, 2.75) is 51.1 Å². The first-order chi connectivity index (χ1) is 10.7. The van der Waals surface area contributed by atoms with Crippen LogP contribution in [0.15, 0.2) is 29.2 Å². The van der Waals surface area contributed by atoms with E-state index >= 15 is 0 Å². The van der Waals surface area contributed by atoms with Crippen LogP contribution in [0.1, 0.15) is 48.0 Å². The van der Waals surface area contributed by atoms with E-state index in [1.165, 1.54) is 12.0 Å². The summed E-state index contributed by atoms with van der Waals surface area (Å²) in [6.45, 7) is 0.847. The van der Waals surface area contributed by atoms with Crippen molar-refractivity contribution >= 4 is 16.8 Å². The zero-order valence-electron chi connectivity index (χ0n) is 12.6. The zero-order chi connectivity index (χ0) is 15.1. The van der Waals surface area contributed by atoms with Crippen LogP contribution in [0.25, 0.3) is 10.9 Å². The molecule has 1 N–H and O–H groups in total. The van der Waals surface area contributed by atoms with Crippen LogP contribution in [-0.4, -0.2) is 16.5 Å². The standard InChI is InChI=1S/C18H20N2O2/c21-17-14-8-4-5-12-9-10-20(16(12)14)11-15(17)18(22)19-13-6-2-1-3-7-13/h4-5,8,11,13H,1-3,6-7,9-10H2,(H,19,22). The first kappa shape index (κ1) is 13.6. The van der Waals surface area contributed by atoms with Crippen LogP contribution >= 0.6 is 0 Å². The summed E-state index contributed by atoms with van der Waals surface area (Å²) in [4.78, 5) is 25.2. The van der Waals surface area contributed by atoms with E-state index in [-0.39, 0.29) is 22.9 Å². The van der Waals surface area contributed by atoms with Gasteiger partial charge in [-0.15, -0.1) is 0 Å². The fourth-order valence-corrected chi connectivity index (χ4v) is 3.83. The Balaban J connectivity index is 1.72. The normalized spacial score (nSPS) is 17.8. The lowest BCUT2D eigenvalue weighted by atomic mass is 9.95. The van der Waals surface area contributed by atoms with Crippen molar-refractivity contribution in [2.75, 3.05) is 0 Å². The van der Waals surface area contributed by atoms with Crippen LogP contribution in [0, 0.1) is 0 Å². The smallest absolute Gasteiger partial charge is 0.256 e. The van der Waals surface area contributed by atoms with E-state index in [1.54, 1.807) is 6.20 Å². The van der Waals surface area contributed by atoms with Gasteiger partial charge in [-0.25, -0.2) is 0 Å². The van der Waals surface area contributed by atoms with Gasteiger partial charge in [-0.05, 0) is 30.9 Å². The number of para-hydroxylation sites is 1. The number of carbonyl (C=O) groups is 1. The second-order valence-electron chi connectivity index (χ2n) is 6.44. The van der Waals surface area contributed by atoms with E-state index in [0.717, 1.165) is 44.2 Å². The van der Waals surface area contributed by atoms with Crippen molar-refractivity contribution in [3.63, 3.8) is 0 Å². The van der Waals surface area contributed by atoms with Gasteiger partial charge in [0.2, 0.25) is 5.43 Å². The Hall–Kier alpha value is -2.10. The zero-order valence-corrected chi connectivity index (χ0v) is 12.6. The number of nitrogens with zero attached hydrogens (tertiary/aromatic N) is 1. The maximum Gasteiger partial charge on any atom is 0.256 e. The number of hydrogen-bond donors (Lipinski definition) is 1. The number of hydrogen-bond acceptors (Lipinski definition) is 2. The van der Waals surface area contributed by atoms with Crippen molar-refractivity contribution < 1.29 is 4.79 Å². The summed E-state index contributed by atoms with van der Waals surface area (Å²) in [7, 11) is 0. The summed E-state index contributed by atoms with van der Waals surface area (Å²) in [6.07, 6.45) is 8.31. The molecule has 1 aromatic carbocycles. The maximum absolute atomic E-state index is 12.7. The number of nitrogens with one attached hydrogen (secondary N) is 1. The van der Waals surface area contributed by atoms with Gasteiger partial charge in [-0.1, -0.05) is 31.4 Å². The number of carbonyl (C=O) groups excluding carboxylic acids is 1. The third kappa shape index (κ3) is 2.14. The Bertz CT molecular complexity index is 801. The van der Waals surface area contributed by atoms with Crippen molar-refractivity contribution in [1.82, 2.24) is 9.88 Å². The minimum Gasteiger partial charge on any atom is -0.349 e. The van der Waals surface area contributed by atoms with Gasteiger partial charge < -0.3 is 9.88 Å². The van der Waals surface area contributed by atoms with Gasteiger partial charge in [0.15, 0.2) is 0 Å². The molecule has 4 rings (SSSR count). The van der Waals surface area contributed by atoms with Gasteiger partial charge in [0.1, 0.15) is 5.56 Å². The first-order valence-electron chi connectivity index (χ1n) is 8.20. The number of benzene rings is 1. The molecule has 1 aliphatic carbocycles. The highest BCUT2D eigenvalue weighted by Gasteiger charge is 2.22. The topological polar surface area (TPSA) is 51.1 Å². The van der Waals surface area contributed by atoms with Crippen molar-refractivity contribution in [2.24, 2.45) is 0 Å². The molecule has 2 heterocycles. The van der Waals surface area contributed by atoms with Crippen LogP contribution in [0.5, 0.6) is 0 Å². The molecule has 0 saturated heterocycles. The Labute approximate surface area is 129 Å². The summed E-state index contributed by atoms with van der Waals surface area (Å²) in [5.74, 6) is -0.208. The summed E-state index contributed by atoms with van der Waals surface area (Å²) in [5.41, 5.74) is 2.36. The summed E-state index contributed by atoms with van der Waals surface area (Å²) < 4.78 is 2.06. The van der Waals surface area contributed by atoms with Gasteiger partial charge in [0.05, 0.1) is 5.52 Å². The third-order valence-corrected chi connectivity index (χ3v) is 4.99. The van der Waals surface area contributed by atoms with Crippen LogP contribution in [0.2, 0.25) is 0 Å². The lowest BCUT2D eigenvalue weighted by molar-refractivity contribution is 0.0926. The van der Waals surface area contributed by atoms with Crippen LogP contribution in [-0.2, 0) is 13.0 Å². The molecule has 4 nitrogen and oxygen atoms in total. The molecule has 1 aromatic heterocycles. The average molecular weight is 296 g/mol. The van der Waals surface area contributed by atoms with E-state index in [4.69, 9.17) is 0 Å². The quantitative estimate of drug-likeness (QED) is 0.926. The molecule has 0 atom stereocenters. The summed E-state index contributed by atoms with van der Waals surface area (Å²) >= 11 is 0. The minimum atomic E-state index is -0.208. The molecular formula is C18H20N2O2. The van der Waals surface area contributed by atoms with E-state index in [0.29, 0.717) is 5.39 Å². The minimum absolute atomic E-state index is 0.136. The molecule has 0 spiro atoms. The predicted octanol–water partition coefficient (Wildman–Crippen LogP) is 2.62. The Morgan fingerprint density at radius 3 is 2.82 bits per heavy atom. The Kier molecular flexibility index (Phi) is 3.25. The number of amides is 1. The number of rotatable bonds is 2. The molecule has 2 aromatic rings. The maximum atomic E-state index is 12.7. The lowest BCUT2D eigenvalue weighted by Crippen LogP contribution is -2.38. The van der Waals surface area contributed by atoms with Crippen molar-refractivity contribution in [3.8, 4) is 0 Å². The van der Waals surface area contributed by atoms with Crippen LogP contribution < -0.4 is 10.7 Å². The van der Waals surface area contributed by atoms with Gasteiger partial charge in [0.25, 0.3) is 5.91 Å². The number of aryl methyl sites for hydroxylation is 2. The van der Waals surface area contributed by atoms with Crippen LogP contribution in [0.3, 0.4) is 0 Å². The molecule has 1 saturated carbocycles. The molecule has 2 aliphatic rings. The molecule has 1 amide bonds. The average Bonchev–Trinajstić information content (AvgIpc) is 2.96.